The maximum absolute atomic E-state index is 13.3. The zero-order chi connectivity index (χ0) is 24.1. The molecule has 0 aliphatic heterocycles. The van der Waals surface area contributed by atoms with Gasteiger partial charge in [0.15, 0.2) is 17.3 Å². The van der Waals surface area contributed by atoms with Crippen molar-refractivity contribution < 1.29 is 37.2 Å². The average molecular weight is 482 g/mol. The Morgan fingerprint density at radius 1 is 1.24 bits per heavy atom. The number of ether oxygens (including phenoxy) is 3. The molecule has 0 saturated carbocycles. The predicted octanol–water partition coefficient (Wildman–Crippen LogP) is 3.74. The number of rotatable bonds is 8. The van der Waals surface area contributed by atoms with E-state index in [4.69, 9.17) is 14.3 Å². The zero-order valence-electron chi connectivity index (χ0n) is 18.1. The third-order valence-electron chi connectivity index (χ3n) is 4.15. The van der Waals surface area contributed by atoms with Crippen molar-refractivity contribution in [1.29, 1.82) is 0 Å². The van der Waals surface area contributed by atoms with Crippen molar-refractivity contribution in [3.8, 4) is 17.2 Å². The van der Waals surface area contributed by atoms with Gasteiger partial charge in [0.2, 0.25) is 0 Å². The van der Waals surface area contributed by atoms with E-state index in [1.54, 1.807) is 19.9 Å². The van der Waals surface area contributed by atoms with Gasteiger partial charge in [-0.2, -0.15) is 18.3 Å². The first-order chi connectivity index (χ1) is 15.7. The molecule has 0 N–H and O–H groups in total. The zero-order valence-corrected chi connectivity index (χ0v) is 18.9. The van der Waals surface area contributed by atoms with E-state index in [1.807, 2.05) is 0 Å². The number of methoxy groups -OCH3 is 2. The van der Waals surface area contributed by atoms with E-state index in [0.717, 1.165) is 4.57 Å². The molecule has 3 rings (SSSR count). The van der Waals surface area contributed by atoms with Gasteiger partial charge in [-0.3, -0.25) is 9.82 Å². The maximum atomic E-state index is 13.3. The van der Waals surface area contributed by atoms with Crippen molar-refractivity contribution in [2.24, 2.45) is 5.16 Å². The number of alkyl halides is 2. The van der Waals surface area contributed by atoms with Crippen LogP contribution in [0.15, 0.2) is 40.8 Å². The van der Waals surface area contributed by atoms with Crippen LogP contribution in [0.25, 0.3) is 11.0 Å². The van der Waals surface area contributed by atoms with Crippen LogP contribution in [-0.2, 0) is 21.8 Å². The van der Waals surface area contributed by atoms with E-state index in [1.165, 1.54) is 38.6 Å². The van der Waals surface area contributed by atoms with E-state index in [0.29, 0.717) is 17.2 Å². The Kier molecular flexibility index (Phi) is 7.66. The average Bonchev–Trinajstić information content (AvgIpc) is 3.15. The summed E-state index contributed by atoms with van der Waals surface area (Å²) >= 11 is -1.94. The molecule has 1 aromatic carbocycles. The third kappa shape index (κ3) is 5.49. The van der Waals surface area contributed by atoms with Crippen LogP contribution in [-0.4, -0.2) is 51.7 Å². The lowest BCUT2D eigenvalue weighted by Gasteiger charge is -2.13. The maximum Gasteiger partial charge on any atom is 0.449 e. The summed E-state index contributed by atoms with van der Waals surface area (Å²) in [5, 5.41) is 3.43. The SMILES string of the molecule is COc1ccnc(C[S+]([O-])c2nc3cc(OC(F)F)ccc3n2C(=O)ON=C(C)C)c1OC. The fraction of sp³-hybridized carbons (Fsp3) is 0.300. The molecule has 2 aromatic heterocycles. The third-order valence-corrected chi connectivity index (χ3v) is 5.36. The number of benzene rings is 1. The van der Waals surface area contributed by atoms with E-state index in [2.05, 4.69) is 19.9 Å². The van der Waals surface area contributed by atoms with Gasteiger partial charge in [0, 0.05) is 29.5 Å². The summed E-state index contributed by atoms with van der Waals surface area (Å²) in [7, 11) is 2.86. The molecule has 0 radical (unpaired) electrons. The molecule has 3 aromatic rings. The largest absolute Gasteiger partial charge is 0.609 e. The molecule has 0 fully saturated rings. The Morgan fingerprint density at radius 2 is 2.00 bits per heavy atom. The molecular weight excluding hydrogens is 462 g/mol. The van der Waals surface area contributed by atoms with Crippen LogP contribution in [0.1, 0.15) is 19.5 Å². The highest BCUT2D eigenvalue weighted by atomic mass is 32.2. The number of oxime groups is 1. The minimum Gasteiger partial charge on any atom is -0.609 e. The van der Waals surface area contributed by atoms with Gasteiger partial charge < -0.3 is 18.8 Å². The van der Waals surface area contributed by atoms with Crippen LogP contribution < -0.4 is 14.2 Å². The topological polar surface area (TPSA) is 120 Å². The van der Waals surface area contributed by atoms with Crippen LogP contribution in [0.3, 0.4) is 0 Å². The lowest BCUT2D eigenvalue weighted by molar-refractivity contribution is -0.0497. The smallest absolute Gasteiger partial charge is 0.449 e. The first kappa shape index (κ1) is 24.2. The number of hydrogen-bond acceptors (Lipinski definition) is 9. The summed E-state index contributed by atoms with van der Waals surface area (Å²) in [5.74, 6) is 0.297. The molecule has 10 nitrogen and oxygen atoms in total. The number of imidazole rings is 1. The standard InChI is InChI=1S/C20H20F2N4O6S/c1-11(2)25-32-20(27)26-15-6-5-12(31-18(21)22)9-13(15)24-19(26)33(28)10-14-17(30-4)16(29-3)7-8-23-14/h5-9,18H,10H2,1-4H3. The second kappa shape index (κ2) is 10.4. The minimum atomic E-state index is -3.04. The summed E-state index contributed by atoms with van der Waals surface area (Å²) in [6, 6.07) is 5.33. The van der Waals surface area contributed by atoms with Gasteiger partial charge in [0.05, 0.1) is 31.0 Å². The lowest BCUT2D eigenvalue weighted by Crippen LogP contribution is -2.20. The first-order valence-electron chi connectivity index (χ1n) is 9.39. The second-order valence-corrected chi connectivity index (χ2v) is 7.98. The van der Waals surface area contributed by atoms with Gasteiger partial charge in [-0.05, 0) is 26.0 Å². The normalized spacial score (nSPS) is 11.9. The number of pyridine rings is 1. The molecule has 0 bridgehead atoms. The van der Waals surface area contributed by atoms with Crippen molar-refractivity contribution in [3.05, 3.63) is 36.2 Å². The Balaban J connectivity index is 2.07. The van der Waals surface area contributed by atoms with Gasteiger partial charge in [0.1, 0.15) is 11.4 Å². The highest BCUT2D eigenvalue weighted by Crippen LogP contribution is 2.32. The Labute approximate surface area is 190 Å². The summed E-state index contributed by atoms with van der Waals surface area (Å²) in [4.78, 5) is 26.0. The summed E-state index contributed by atoms with van der Waals surface area (Å²) in [6.07, 6.45) is 0.479. The fourth-order valence-electron chi connectivity index (χ4n) is 2.86. The predicted molar refractivity (Wildman–Crippen MR) is 114 cm³/mol. The van der Waals surface area contributed by atoms with Crippen molar-refractivity contribution in [2.75, 3.05) is 14.2 Å². The minimum absolute atomic E-state index is 0.0937. The summed E-state index contributed by atoms with van der Waals surface area (Å²) < 4.78 is 54.3. The monoisotopic (exact) mass is 482 g/mol. The molecule has 1 atom stereocenters. The van der Waals surface area contributed by atoms with Crippen molar-refractivity contribution >= 4 is 34.0 Å². The van der Waals surface area contributed by atoms with Crippen LogP contribution in [0, 0.1) is 0 Å². The number of carbonyl (C=O) groups excluding carboxylic acids is 1. The quantitative estimate of drug-likeness (QED) is 0.206. The summed E-state index contributed by atoms with van der Waals surface area (Å²) in [5.41, 5.74) is 1.02. The second-order valence-electron chi connectivity index (χ2n) is 6.64. The van der Waals surface area contributed by atoms with Gasteiger partial charge in [-0.15, -0.1) is 0 Å². The summed E-state index contributed by atoms with van der Waals surface area (Å²) in [6.45, 7) is 0.191. The highest BCUT2D eigenvalue weighted by molar-refractivity contribution is 7.90. The molecular formula is C20H20F2N4O6S. The Morgan fingerprint density at radius 3 is 2.64 bits per heavy atom. The van der Waals surface area contributed by atoms with Crippen LogP contribution in [0.5, 0.6) is 17.2 Å². The molecule has 1 unspecified atom stereocenters. The van der Waals surface area contributed by atoms with E-state index in [9.17, 15) is 18.1 Å². The highest BCUT2D eigenvalue weighted by Gasteiger charge is 2.30. The number of halogens is 2. The number of hydrogen-bond donors (Lipinski definition) is 0. The number of aromatic nitrogens is 3. The van der Waals surface area contributed by atoms with Crippen LogP contribution >= 0.6 is 0 Å². The van der Waals surface area contributed by atoms with Gasteiger partial charge in [-0.1, -0.05) is 5.16 Å². The molecule has 176 valence electrons. The van der Waals surface area contributed by atoms with Gasteiger partial charge in [0.25, 0.3) is 0 Å². The van der Waals surface area contributed by atoms with Crippen molar-refractivity contribution in [1.82, 2.24) is 14.5 Å². The number of carbonyl (C=O) groups is 1. The molecule has 0 aliphatic carbocycles. The first-order valence-corrected chi connectivity index (χ1v) is 10.7. The van der Waals surface area contributed by atoms with E-state index in [-0.39, 0.29) is 33.4 Å². The fourth-order valence-corrected chi connectivity index (χ4v) is 4.02. The molecule has 0 spiro atoms. The number of fused-ring (bicyclic) bond motifs is 1. The van der Waals surface area contributed by atoms with Crippen molar-refractivity contribution in [3.63, 3.8) is 0 Å². The molecule has 33 heavy (non-hydrogen) atoms. The van der Waals surface area contributed by atoms with E-state index < -0.39 is 23.9 Å². The molecule has 0 aliphatic rings. The molecule has 0 amide bonds. The molecule has 2 heterocycles. The Hall–Kier alpha value is -3.45. The molecule has 0 saturated heterocycles. The molecule has 13 heteroatoms. The van der Waals surface area contributed by atoms with Crippen LogP contribution in [0.4, 0.5) is 13.6 Å². The van der Waals surface area contributed by atoms with E-state index >= 15 is 0 Å². The number of nitrogens with zero attached hydrogens (tertiary/aromatic N) is 4. The van der Waals surface area contributed by atoms with Crippen LogP contribution in [0.2, 0.25) is 0 Å². The van der Waals surface area contributed by atoms with Crippen molar-refractivity contribution in [2.45, 2.75) is 31.4 Å². The Bertz CT molecular complexity index is 1180. The van der Waals surface area contributed by atoms with Gasteiger partial charge >= 0.3 is 17.9 Å². The van der Waals surface area contributed by atoms with Gasteiger partial charge in [-0.25, -0.2) is 4.79 Å². The lowest BCUT2D eigenvalue weighted by atomic mass is 10.3.